The van der Waals surface area contributed by atoms with Crippen LogP contribution in [0.25, 0.3) is 11.2 Å². The van der Waals surface area contributed by atoms with Crippen molar-refractivity contribution in [2.75, 3.05) is 11.4 Å². The maximum absolute atomic E-state index is 13.3. The Morgan fingerprint density at radius 3 is 2.40 bits per heavy atom. The second-order valence-electron chi connectivity index (χ2n) is 7.58. The molecule has 1 aliphatic heterocycles. The van der Waals surface area contributed by atoms with E-state index in [9.17, 15) is 9.59 Å². The molecule has 5 rings (SSSR count). The fourth-order valence-electron chi connectivity index (χ4n) is 3.96. The van der Waals surface area contributed by atoms with Gasteiger partial charge in [-0.05, 0) is 36.8 Å². The second kappa shape index (κ2) is 6.88. The van der Waals surface area contributed by atoms with Crippen molar-refractivity contribution in [3.05, 3.63) is 85.5 Å². The number of nitrogens with zero attached hydrogens (tertiary/aromatic N) is 5. The first kappa shape index (κ1) is 18.7. The van der Waals surface area contributed by atoms with Gasteiger partial charge >= 0.3 is 5.69 Å². The van der Waals surface area contributed by atoms with E-state index < -0.39 is 0 Å². The van der Waals surface area contributed by atoms with Gasteiger partial charge in [0, 0.05) is 30.8 Å². The molecule has 0 aliphatic carbocycles. The van der Waals surface area contributed by atoms with Gasteiger partial charge in [-0.2, -0.15) is 4.98 Å². The molecular weight excluding hydrogens is 402 g/mol. The van der Waals surface area contributed by atoms with Gasteiger partial charge < -0.3 is 9.47 Å². The first-order chi connectivity index (χ1) is 14.4. The van der Waals surface area contributed by atoms with E-state index in [1.54, 1.807) is 7.05 Å². The van der Waals surface area contributed by atoms with Gasteiger partial charge in [0.15, 0.2) is 11.2 Å². The highest BCUT2D eigenvalue weighted by Crippen LogP contribution is 2.32. The van der Waals surface area contributed by atoms with Gasteiger partial charge in [-0.15, -0.1) is 0 Å². The molecule has 0 fully saturated rings. The summed E-state index contributed by atoms with van der Waals surface area (Å²) in [6.45, 7) is 3.54. The molecule has 2 aromatic heterocycles. The number of imidazole rings is 1. The largest absolute Gasteiger partial charge is 0.332 e. The maximum atomic E-state index is 13.3. The summed E-state index contributed by atoms with van der Waals surface area (Å²) in [5, 5.41) is 0.660. The van der Waals surface area contributed by atoms with E-state index in [1.165, 1.54) is 9.13 Å². The Morgan fingerprint density at radius 2 is 1.70 bits per heavy atom. The lowest BCUT2D eigenvalue weighted by atomic mass is 10.1. The summed E-state index contributed by atoms with van der Waals surface area (Å²) in [4.78, 5) is 33.0. The predicted molar refractivity (Wildman–Crippen MR) is 118 cm³/mol. The summed E-state index contributed by atoms with van der Waals surface area (Å²) >= 11 is 6.01. The van der Waals surface area contributed by atoms with Gasteiger partial charge in [0.25, 0.3) is 5.56 Å². The SMILES string of the molecule is Cc1ccc(Cn2c(=O)c3c(nc4n3CCN4c3ccc(Cl)cc3)n(C)c2=O)cc1. The Kier molecular flexibility index (Phi) is 4.29. The van der Waals surface area contributed by atoms with Gasteiger partial charge in [0.2, 0.25) is 5.95 Å². The van der Waals surface area contributed by atoms with E-state index in [1.807, 2.05) is 64.9 Å². The highest BCUT2D eigenvalue weighted by atomic mass is 35.5. The van der Waals surface area contributed by atoms with Crippen LogP contribution in [0.3, 0.4) is 0 Å². The number of hydrogen-bond donors (Lipinski definition) is 0. The van der Waals surface area contributed by atoms with E-state index in [-0.39, 0.29) is 17.8 Å². The third-order valence-electron chi connectivity index (χ3n) is 5.60. The zero-order chi connectivity index (χ0) is 21.0. The van der Waals surface area contributed by atoms with Crippen LogP contribution in [-0.4, -0.2) is 25.2 Å². The smallest absolute Gasteiger partial charge is 0.310 e. The molecule has 0 spiro atoms. The Hall–Kier alpha value is -3.32. The van der Waals surface area contributed by atoms with Crippen molar-refractivity contribution in [3.63, 3.8) is 0 Å². The molecule has 1 aliphatic rings. The van der Waals surface area contributed by atoms with Gasteiger partial charge in [-0.3, -0.25) is 13.9 Å². The lowest BCUT2D eigenvalue weighted by Gasteiger charge is -2.15. The van der Waals surface area contributed by atoms with E-state index in [0.29, 0.717) is 35.2 Å². The third-order valence-corrected chi connectivity index (χ3v) is 5.85. The van der Waals surface area contributed by atoms with E-state index in [0.717, 1.165) is 16.8 Å². The quantitative estimate of drug-likeness (QED) is 0.510. The lowest BCUT2D eigenvalue weighted by molar-refractivity contribution is 0.652. The molecule has 8 heteroatoms. The standard InChI is InChI=1S/C22H20ClN5O2/c1-14-3-5-15(6-4-14)13-28-20(29)18-19(25(2)22(28)30)24-21-26(11-12-27(18)21)17-9-7-16(23)8-10-17/h3-10H,11-13H2,1-2H3. The molecule has 2 aromatic carbocycles. The monoisotopic (exact) mass is 421 g/mol. The van der Waals surface area contributed by atoms with Gasteiger partial charge in [0.05, 0.1) is 6.54 Å². The van der Waals surface area contributed by atoms with Crippen LogP contribution in [0.4, 0.5) is 11.6 Å². The Labute approximate surface area is 177 Å². The van der Waals surface area contributed by atoms with Crippen molar-refractivity contribution in [1.82, 2.24) is 18.7 Å². The number of anilines is 2. The van der Waals surface area contributed by atoms with Crippen molar-refractivity contribution in [3.8, 4) is 0 Å². The number of rotatable bonds is 3. The minimum atomic E-state index is -0.372. The Bertz CT molecular complexity index is 1380. The third kappa shape index (κ3) is 2.85. The number of aromatic nitrogens is 4. The second-order valence-corrected chi connectivity index (χ2v) is 8.02. The average Bonchev–Trinajstić information content (AvgIpc) is 3.31. The van der Waals surface area contributed by atoms with Crippen LogP contribution < -0.4 is 16.1 Å². The minimum Gasteiger partial charge on any atom is -0.310 e. The molecule has 4 aromatic rings. The van der Waals surface area contributed by atoms with Crippen LogP contribution in [0.1, 0.15) is 11.1 Å². The number of aryl methyl sites for hydroxylation is 2. The molecule has 0 unspecified atom stereocenters. The Morgan fingerprint density at radius 1 is 1.00 bits per heavy atom. The molecule has 0 N–H and O–H groups in total. The molecule has 152 valence electrons. The van der Waals surface area contributed by atoms with Crippen LogP contribution in [-0.2, 0) is 20.1 Å². The van der Waals surface area contributed by atoms with Crippen molar-refractivity contribution in [2.45, 2.75) is 20.0 Å². The predicted octanol–water partition coefficient (Wildman–Crippen LogP) is 3.06. The van der Waals surface area contributed by atoms with Crippen LogP contribution in [0.15, 0.2) is 58.1 Å². The van der Waals surface area contributed by atoms with Crippen LogP contribution in [0.5, 0.6) is 0 Å². The molecule has 0 amide bonds. The summed E-state index contributed by atoms with van der Waals surface area (Å²) in [6, 6.07) is 15.3. The number of fused-ring (bicyclic) bond motifs is 3. The van der Waals surface area contributed by atoms with Gasteiger partial charge in [-0.25, -0.2) is 4.79 Å². The van der Waals surface area contributed by atoms with Gasteiger partial charge in [-0.1, -0.05) is 41.4 Å². The first-order valence-corrected chi connectivity index (χ1v) is 10.1. The van der Waals surface area contributed by atoms with E-state index >= 15 is 0 Å². The molecule has 0 saturated heterocycles. The van der Waals surface area contributed by atoms with Crippen LogP contribution >= 0.6 is 11.6 Å². The van der Waals surface area contributed by atoms with Crippen molar-refractivity contribution in [2.24, 2.45) is 7.05 Å². The van der Waals surface area contributed by atoms with E-state index in [4.69, 9.17) is 11.6 Å². The van der Waals surface area contributed by atoms with Crippen molar-refractivity contribution in [1.29, 1.82) is 0 Å². The molecular formula is C22H20ClN5O2. The van der Waals surface area contributed by atoms with Crippen LogP contribution in [0.2, 0.25) is 5.02 Å². The van der Waals surface area contributed by atoms with E-state index in [2.05, 4.69) is 4.98 Å². The highest BCUT2D eigenvalue weighted by molar-refractivity contribution is 6.30. The number of halogens is 1. The lowest BCUT2D eigenvalue weighted by Crippen LogP contribution is -2.40. The zero-order valence-electron chi connectivity index (χ0n) is 16.7. The van der Waals surface area contributed by atoms with Crippen LogP contribution in [0, 0.1) is 6.92 Å². The topological polar surface area (TPSA) is 65.1 Å². The molecule has 0 atom stereocenters. The minimum absolute atomic E-state index is 0.225. The molecule has 0 saturated carbocycles. The molecule has 0 radical (unpaired) electrons. The summed E-state index contributed by atoms with van der Waals surface area (Å²) < 4.78 is 4.64. The zero-order valence-corrected chi connectivity index (χ0v) is 17.4. The fourth-order valence-corrected chi connectivity index (χ4v) is 4.09. The molecule has 7 nitrogen and oxygen atoms in total. The van der Waals surface area contributed by atoms with Crippen molar-refractivity contribution < 1.29 is 0 Å². The summed E-state index contributed by atoms with van der Waals surface area (Å²) in [5.41, 5.74) is 3.15. The summed E-state index contributed by atoms with van der Waals surface area (Å²) in [5.74, 6) is 0.660. The van der Waals surface area contributed by atoms with Crippen molar-refractivity contribution >= 4 is 34.4 Å². The molecule has 3 heterocycles. The first-order valence-electron chi connectivity index (χ1n) is 9.73. The maximum Gasteiger partial charge on any atom is 0.332 e. The summed E-state index contributed by atoms with van der Waals surface area (Å²) in [7, 11) is 1.66. The fraction of sp³-hybridized carbons (Fsp3) is 0.227. The average molecular weight is 422 g/mol. The highest BCUT2D eigenvalue weighted by Gasteiger charge is 2.28. The number of benzene rings is 2. The molecule has 0 bridgehead atoms. The van der Waals surface area contributed by atoms with Gasteiger partial charge in [0.1, 0.15) is 0 Å². The molecule has 30 heavy (non-hydrogen) atoms. The Balaban J connectivity index is 1.66. The number of hydrogen-bond acceptors (Lipinski definition) is 4. The normalized spacial score (nSPS) is 13.2. The summed E-state index contributed by atoms with van der Waals surface area (Å²) in [6.07, 6.45) is 0.